The Hall–Kier alpha value is -1.04. The minimum atomic E-state index is 0.610. The van der Waals surface area contributed by atoms with Gasteiger partial charge in [0.15, 0.2) is 0 Å². The molecule has 16 heavy (non-hydrogen) atoms. The van der Waals surface area contributed by atoms with E-state index in [1.54, 1.807) is 5.57 Å². The highest BCUT2D eigenvalue weighted by atomic mass is 14.3. The molecule has 0 spiro atoms. The van der Waals surface area contributed by atoms with Crippen LogP contribution in [0.1, 0.15) is 45.1 Å². The Morgan fingerprint density at radius 3 is 2.44 bits per heavy atom. The number of benzene rings is 1. The molecule has 0 N–H and O–H groups in total. The first kappa shape index (κ1) is 11.4. The Balaban J connectivity index is 2.32. The maximum Gasteiger partial charge on any atom is 0.00487 e. The van der Waals surface area contributed by atoms with Crippen molar-refractivity contribution in [3.8, 4) is 0 Å². The van der Waals surface area contributed by atoms with Gasteiger partial charge in [-0.15, -0.1) is 0 Å². The summed E-state index contributed by atoms with van der Waals surface area (Å²) in [5.74, 6) is 2.18. The molecule has 0 heteroatoms. The van der Waals surface area contributed by atoms with E-state index in [-0.39, 0.29) is 0 Å². The third kappa shape index (κ3) is 2.37. The average Bonchev–Trinajstić information content (AvgIpc) is 2.44. The van der Waals surface area contributed by atoms with Crippen molar-refractivity contribution < 1.29 is 0 Å². The van der Waals surface area contributed by atoms with Crippen LogP contribution in [0.15, 0.2) is 42.0 Å². The highest BCUT2D eigenvalue weighted by molar-refractivity contribution is 5.27. The summed E-state index contributed by atoms with van der Waals surface area (Å²) < 4.78 is 0. The van der Waals surface area contributed by atoms with E-state index in [9.17, 15) is 0 Å². The summed E-state index contributed by atoms with van der Waals surface area (Å²) in [6.45, 7) is 7.07. The van der Waals surface area contributed by atoms with E-state index >= 15 is 0 Å². The van der Waals surface area contributed by atoms with Gasteiger partial charge in [-0.2, -0.15) is 0 Å². The minimum absolute atomic E-state index is 0.610. The van der Waals surface area contributed by atoms with Gasteiger partial charge in [0.1, 0.15) is 0 Å². The fourth-order valence-corrected chi connectivity index (χ4v) is 2.69. The Labute approximate surface area is 99.4 Å². The molecular weight excluding hydrogens is 192 g/mol. The Morgan fingerprint density at radius 2 is 1.75 bits per heavy atom. The van der Waals surface area contributed by atoms with Crippen molar-refractivity contribution in [1.82, 2.24) is 0 Å². The van der Waals surface area contributed by atoms with Crippen LogP contribution in [-0.2, 0) is 0 Å². The smallest absolute Gasteiger partial charge is 0.00487 e. The van der Waals surface area contributed by atoms with Gasteiger partial charge in [-0.1, -0.05) is 55.8 Å². The second-order valence-electron chi connectivity index (χ2n) is 5.32. The van der Waals surface area contributed by atoms with E-state index in [1.165, 1.54) is 18.4 Å². The van der Waals surface area contributed by atoms with Gasteiger partial charge in [0.05, 0.1) is 0 Å². The van der Waals surface area contributed by atoms with E-state index < -0.39 is 0 Å². The Morgan fingerprint density at radius 1 is 1.06 bits per heavy atom. The van der Waals surface area contributed by atoms with Crippen LogP contribution in [-0.4, -0.2) is 0 Å². The van der Waals surface area contributed by atoms with Gasteiger partial charge in [-0.05, 0) is 37.2 Å². The maximum absolute atomic E-state index is 2.49. The number of hydrogen-bond acceptors (Lipinski definition) is 0. The monoisotopic (exact) mass is 214 g/mol. The molecule has 0 aliphatic heterocycles. The lowest BCUT2D eigenvalue weighted by Gasteiger charge is -2.25. The van der Waals surface area contributed by atoms with Crippen molar-refractivity contribution in [1.29, 1.82) is 0 Å². The van der Waals surface area contributed by atoms with Gasteiger partial charge in [0.25, 0.3) is 0 Å². The van der Waals surface area contributed by atoms with Gasteiger partial charge < -0.3 is 0 Å². The first-order valence-corrected chi connectivity index (χ1v) is 6.40. The molecule has 0 aromatic heterocycles. The first-order chi connectivity index (χ1) is 7.68. The molecule has 0 nitrogen and oxygen atoms in total. The minimum Gasteiger partial charge on any atom is -0.0778 e. The largest absolute Gasteiger partial charge is 0.0778 e. The van der Waals surface area contributed by atoms with Crippen LogP contribution in [0.4, 0.5) is 0 Å². The number of hydrogen-bond donors (Lipinski definition) is 0. The molecule has 1 aliphatic rings. The second kappa shape index (κ2) is 4.86. The van der Waals surface area contributed by atoms with Crippen molar-refractivity contribution in [2.24, 2.45) is 11.8 Å². The zero-order valence-corrected chi connectivity index (χ0v) is 10.6. The fourth-order valence-electron chi connectivity index (χ4n) is 2.69. The molecular formula is C16H22. The van der Waals surface area contributed by atoms with Crippen LogP contribution >= 0.6 is 0 Å². The fraction of sp³-hybridized carbons (Fsp3) is 0.500. The summed E-state index contributed by atoms with van der Waals surface area (Å²) in [6.07, 6.45) is 5.10. The molecule has 1 aliphatic carbocycles. The molecule has 0 fully saturated rings. The van der Waals surface area contributed by atoms with Gasteiger partial charge in [-0.25, -0.2) is 0 Å². The first-order valence-electron chi connectivity index (χ1n) is 6.40. The summed E-state index contributed by atoms with van der Waals surface area (Å²) in [5.41, 5.74) is 3.04. The van der Waals surface area contributed by atoms with E-state index in [4.69, 9.17) is 0 Å². The number of rotatable bonds is 1. The molecule has 0 bridgehead atoms. The van der Waals surface area contributed by atoms with Gasteiger partial charge in [-0.3, -0.25) is 0 Å². The predicted octanol–water partition coefficient (Wildman–Crippen LogP) is 4.78. The molecule has 0 heterocycles. The summed E-state index contributed by atoms with van der Waals surface area (Å²) in [5, 5.41) is 0. The van der Waals surface area contributed by atoms with Crippen LogP contribution in [0.5, 0.6) is 0 Å². The third-order valence-electron chi connectivity index (χ3n) is 4.11. The Kier molecular flexibility index (Phi) is 3.48. The highest BCUT2D eigenvalue weighted by Gasteiger charge is 2.24. The quantitative estimate of drug-likeness (QED) is 0.590. The molecule has 0 radical (unpaired) electrons. The molecule has 2 rings (SSSR count). The summed E-state index contributed by atoms with van der Waals surface area (Å²) >= 11 is 0. The van der Waals surface area contributed by atoms with Crippen LogP contribution in [0.25, 0.3) is 0 Å². The zero-order chi connectivity index (χ0) is 11.5. The van der Waals surface area contributed by atoms with Crippen molar-refractivity contribution in [2.75, 3.05) is 0 Å². The highest BCUT2D eigenvalue weighted by Crippen LogP contribution is 2.37. The van der Waals surface area contributed by atoms with Crippen molar-refractivity contribution in [3.63, 3.8) is 0 Å². The standard InChI is InChI=1S/C16H22/c1-12-9-10-13(2)14(3)16(11-12)15-7-5-4-6-8-15/h4-8,11,13-14,16H,9-10H2,1-3H3/t13-,14+,16-/m0/s1. The summed E-state index contributed by atoms with van der Waals surface area (Å²) in [4.78, 5) is 0. The van der Waals surface area contributed by atoms with E-state index in [2.05, 4.69) is 57.2 Å². The van der Waals surface area contributed by atoms with Crippen molar-refractivity contribution in [3.05, 3.63) is 47.5 Å². The van der Waals surface area contributed by atoms with Crippen LogP contribution < -0.4 is 0 Å². The molecule has 86 valence electrons. The van der Waals surface area contributed by atoms with Crippen LogP contribution in [0.2, 0.25) is 0 Å². The van der Waals surface area contributed by atoms with Crippen molar-refractivity contribution >= 4 is 0 Å². The van der Waals surface area contributed by atoms with Gasteiger partial charge in [0.2, 0.25) is 0 Å². The topological polar surface area (TPSA) is 0 Å². The molecule has 1 aromatic carbocycles. The third-order valence-corrected chi connectivity index (χ3v) is 4.11. The van der Waals surface area contributed by atoms with E-state index in [0.717, 1.165) is 11.8 Å². The lowest BCUT2D eigenvalue weighted by atomic mass is 9.80. The molecule has 0 amide bonds. The van der Waals surface area contributed by atoms with Gasteiger partial charge in [0, 0.05) is 5.92 Å². The van der Waals surface area contributed by atoms with Crippen LogP contribution in [0.3, 0.4) is 0 Å². The molecule has 0 saturated heterocycles. The molecule has 0 unspecified atom stereocenters. The normalized spacial score (nSPS) is 30.7. The summed E-state index contributed by atoms with van der Waals surface area (Å²) in [7, 11) is 0. The second-order valence-corrected chi connectivity index (χ2v) is 5.32. The molecule has 1 aromatic rings. The lowest BCUT2D eigenvalue weighted by Crippen LogP contribution is -2.14. The van der Waals surface area contributed by atoms with E-state index in [1.807, 2.05) is 0 Å². The summed E-state index contributed by atoms with van der Waals surface area (Å²) in [6, 6.07) is 10.9. The van der Waals surface area contributed by atoms with Crippen molar-refractivity contribution in [2.45, 2.75) is 39.5 Å². The predicted molar refractivity (Wildman–Crippen MR) is 70.5 cm³/mol. The van der Waals surface area contributed by atoms with Crippen LogP contribution in [0, 0.1) is 11.8 Å². The SMILES string of the molecule is CC1=C[C@H](c2ccccc2)[C@H](C)[C@@H](C)CC1. The number of allylic oxidation sites excluding steroid dienone is 2. The van der Waals surface area contributed by atoms with Gasteiger partial charge >= 0.3 is 0 Å². The molecule has 0 saturated carbocycles. The maximum atomic E-state index is 2.49. The zero-order valence-electron chi connectivity index (χ0n) is 10.6. The average molecular weight is 214 g/mol. The Bertz CT molecular complexity index is 361. The molecule has 3 atom stereocenters. The van der Waals surface area contributed by atoms with E-state index in [0.29, 0.717) is 5.92 Å². The lowest BCUT2D eigenvalue weighted by molar-refractivity contribution is 0.347.